The standard InChI is InChI=1S/C28H28Cl2N8O3/c1-41-25(40)14-17-6-9-20-22(13-17)31-12-4-2-3-5-21(28-34-26(20)27(30)35-28)33-24(39)11-7-18-15-19(29)8-10-23(18)38-16-32-36-37-38/h6-11,13,15-16,21,31H,2-5,12,14H2,1H3,(H,33,39)(H,34,35)/b11-7+/t21-/m0/s1. The number of esters is 1. The lowest BCUT2D eigenvalue weighted by Gasteiger charge is -2.17. The second kappa shape index (κ2) is 13.0. The normalized spacial score (nSPS) is 15.3. The number of imidazole rings is 1. The number of benzene rings is 2. The minimum Gasteiger partial charge on any atom is -0.469 e. The molecular formula is C28H28Cl2N8O3. The van der Waals surface area contributed by atoms with E-state index in [-0.39, 0.29) is 24.3 Å². The monoisotopic (exact) mass is 594 g/mol. The van der Waals surface area contributed by atoms with Crippen molar-refractivity contribution in [3.05, 3.63) is 75.9 Å². The Morgan fingerprint density at radius 3 is 2.85 bits per heavy atom. The molecule has 0 aliphatic carbocycles. The van der Waals surface area contributed by atoms with Crippen LogP contribution in [0.2, 0.25) is 10.2 Å². The number of H-pyrrole nitrogens is 1. The molecule has 0 unspecified atom stereocenters. The van der Waals surface area contributed by atoms with Gasteiger partial charge in [-0.05, 0) is 59.2 Å². The van der Waals surface area contributed by atoms with E-state index in [1.165, 1.54) is 24.2 Å². The minimum atomic E-state index is -0.383. The zero-order valence-electron chi connectivity index (χ0n) is 22.2. The van der Waals surface area contributed by atoms with Gasteiger partial charge in [-0.2, -0.15) is 4.68 Å². The summed E-state index contributed by atoms with van der Waals surface area (Å²) in [5.74, 6) is -0.0461. The summed E-state index contributed by atoms with van der Waals surface area (Å²) in [6.07, 6.45) is 8.19. The summed E-state index contributed by atoms with van der Waals surface area (Å²) >= 11 is 12.8. The molecule has 1 amide bonds. The van der Waals surface area contributed by atoms with E-state index in [1.54, 1.807) is 24.3 Å². The molecule has 41 heavy (non-hydrogen) atoms. The summed E-state index contributed by atoms with van der Waals surface area (Å²) in [5, 5.41) is 18.7. The number of anilines is 1. The van der Waals surface area contributed by atoms with Crippen LogP contribution in [-0.4, -0.2) is 55.7 Å². The van der Waals surface area contributed by atoms with Gasteiger partial charge in [0.05, 0.1) is 25.3 Å². The molecule has 5 rings (SSSR count). The average molecular weight is 595 g/mol. The summed E-state index contributed by atoms with van der Waals surface area (Å²) in [6, 6.07) is 10.5. The SMILES string of the molecule is COC(=O)Cc1ccc2c(c1)NCCCCC[C@H](NC(=O)/C=C/c1cc(Cl)ccc1-n1cnnn1)c1nc-2c(Cl)[nH]1. The predicted molar refractivity (Wildman–Crippen MR) is 156 cm³/mol. The van der Waals surface area contributed by atoms with Crippen LogP contribution < -0.4 is 10.6 Å². The zero-order chi connectivity index (χ0) is 28.8. The first kappa shape index (κ1) is 28.3. The fraction of sp³-hybridized carbons (Fsp3) is 0.286. The van der Waals surface area contributed by atoms with Crippen LogP contribution in [0.25, 0.3) is 23.0 Å². The average Bonchev–Trinajstić information content (AvgIpc) is 3.63. The smallest absolute Gasteiger partial charge is 0.309 e. The number of methoxy groups -OCH3 is 1. The lowest BCUT2D eigenvalue weighted by atomic mass is 10.0. The van der Waals surface area contributed by atoms with E-state index in [4.69, 9.17) is 32.9 Å². The number of carbonyl (C=O) groups is 2. The second-order valence-electron chi connectivity index (χ2n) is 9.55. The molecule has 3 heterocycles. The first-order chi connectivity index (χ1) is 19.9. The van der Waals surface area contributed by atoms with Gasteiger partial charge in [0.15, 0.2) is 0 Å². The topological polar surface area (TPSA) is 140 Å². The number of aromatic nitrogens is 6. The molecule has 0 spiro atoms. The molecule has 0 saturated carbocycles. The molecule has 2 aromatic carbocycles. The summed E-state index contributed by atoms with van der Waals surface area (Å²) in [5.41, 5.74) is 4.37. The van der Waals surface area contributed by atoms with Crippen molar-refractivity contribution in [2.45, 2.75) is 38.1 Å². The second-order valence-corrected chi connectivity index (χ2v) is 10.4. The Morgan fingerprint density at radius 1 is 1.17 bits per heavy atom. The van der Waals surface area contributed by atoms with Crippen molar-refractivity contribution in [3.63, 3.8) is 0 Å². The maximum Gasteiger partial charge on any atom is 0.309 e. The first-order valence-corrected chi connectivity index (χ1v) is 13.9. The minimum absolute atomic E-state index is 0.166. The number of ether oxygens (including phenoxy) is 1. The number of hydrogen-bond acceptors (Lipinski definition) is 8. The highest BCUT2D eigenvalue weighted by Gasteiger charge is 2.22. The summed E-state index contributed by atoms with van der Waals surface area (Å²) in [7, 11) is 1.37. The molecule has 212 valence electrons. The summed E-state index contributed by atoms with van der Waals surface area (Å²) < 4.78 is 6.31. The molecule has 11 nitrogen and oxygen atoms in total. The Morgan fingerprint density at radius 2 is 2.05 bits per heavy atom. The molecule has 4 aromatic rings. The van der Waals surface area contributed by atoms with Gasteiger partial charge < -0.3 is 20.4 Å². The maximum absolute atomic E-state index is 13.1. The molecule has 0 fully saturated rings. The van der Waals surface area contributed by atoms with Gasteiger partial charge in [-0.25, -0.2) is 4.98 Å². The fourth-order valence-corrected chi connectivity index (χ4v) is 5.10. The highest BCUT2D eigenvalue weighted by molar-refractivity contribution is 6.32. The van der Waals surface area contributed by atoms with Crippen molar-refractivity contribution in [2.75, 3.05) is 19.0 Å². The van der Waals surface area contributed by atoms with Gasteiger partial charge in [-0.3, -0.25) is 9.59 Å². The van der Waals surface area contributed by atoms with Crippen molar-refractivity contribution in [2.24, 2.45) is 0 Å². The van der Waals surface area contributed by atoms with E-state index >= 15 is 0 Å². The molecule has 2 aromatic heterocycles. The van der Waals surface area contributed by atoms with E-state index in [1.807, 2.05) is 18.2 Å². The maximum atomic E-state index is 13.1. The van der Waals surface area contributed by atoms with Crippen LogP contribution >= 0.6 is 23.2 Å². The molecular weight excluding hydrogens is 567 g/mol. The number of tetrazole rings is 1. The number of rotatable bonds is 6. The lowest BCUT2D eigenvalue weighted by molar-refractivity contribution is -0.139. The molecule has 13 heteroatoms. The molecule has 0 radical (unpaired) electrons. The molecule has 0 saturated heterocycles. The van der Waals surface area contributed by atoms with Crippen LogP contribution in [-0.2, 0) is 20.7 Å². The van der Waals surface area contributed by atoms with Crippen LogP contribution in [0, 0.1) is 0 Å². The number of fused-ring (bicyclic) bond motifs is 4. The number of carbonyl (C=O) groups excluding carboxylic acids is 2. The fourth-order valence-electron chi connectivity index (χ4n) is 4.68. The number of nitrogens with one attached hydrogen (secondary N) is 3. The van der Waals surface area contributed by atoms with E-state index < -0.39 is 0 Å². The number of nitrogens with zero attached hydrogens (tertiary/aromatic N) is 5. The summed E-state index contributed by atoms with van der Waals surface area (Å²) in [4.78, 5) is 32.9. The van der Waals surface area contributed by atoms with Crippen molar-refractivity contribution < 1.29 is 14.3 Å². The van der Waals surface area contributed by atoms with Gasteiger partial charge in [0.2, 0.25) is 5.91 Å². The van der Waals surface area contributed by atoms with Crippen molar-refractivity contribution in [1.82, 2.24) is 35.5 Å². The van der Waals surface area contributed by atoms with Crippen LogP contribution in [0.3, 0.4) is 0 Å². The number of aromatic amines is 1. The Hall–Kier alpha value is -4.22. The Kier molecular flexibility index (Phi) is 8.95. The van der Waals surface area contributed by atoms with Crippen molar-refractivity contribution in [3.8, 4) is 16.9 Å². The van der Waals surface area contributed by atoms with E-state index in [9.17, 15) is 9.59 Å². The third-order valence-corrected chi connectivity index (χ3v) is 7.23. The third kappa shape index (κ3) is 6.93. The summed E-state index contributed by atoms with van der Waals surface area (Å²) in [6.45, 7) is 0.743. The van der Waals surface area contributed by atoms with Crippen molar-refractivity contribution >= 4 is 46.8 Å². The predicted octanol–water partition coefficient (Wildman–Crippen LogP) is 4.93. The lowest BCUT2D eigenvalue weighted by Crippen LogP contribution is -2.28. The molecule has 1 aliphatic heterocycles. The van der Waals surface area contributed by atoms with E-state index in [0.717, 1.165) is 42.6 Å². The third-order valence-electron chi connectivity index (χ3n) is 6.72. The number of hydrogen-bond donors (Lipinski definition) is 3. The van der Waals surface area contributed by atoms with Crippen molar-refractivity contribution in [1.29, 1.82) is 0 Å². The van der Waals surface area contributed by atoms with Gasteiger partial charge in [-0.1, -0.05) is 48.2 Å². The quantitative estimate of drug-likeness (QED) is 0.211. The van der Waals surface area contributed by atoms with Crippen LogP contribution in [0.4, 0.5) is 5.69 Å². The van der Waals surface area contributed by atoms with Gasteiger partial charge in [-0.15, -0.1) is 5.10 Å². The van der Waals surface area contributed by atoms with E-state index in [0.29, 0.717) is 39.4 Å². The number of halogens is 2. The molecule has 1 aliphatic rings. The first-order valence-electron chi connectivity index (χ1n) is 13.1. The van der Waals surface area contributed by atoms with Gasteiger partial charge in [0, 0.05) is 34.5 Å². The highest BCUT2D eigenvalue weighted by atomic mass is 35.5. The largest absolute Gasteiger partial charge is 0.469 e. The zero-order valence-corrected chi connectivity index (χ0v) is 23.7. The Bertz CT molecular complexity index is 1570. The van der Waals surface area contributed by atoms with Crippen LogP contribution in [0.1, 0.15) is 48.7 Å². The molecule has 2 bridgehead atoms. The number of amides is 1. The molecule has 1 atom stereocenters. The van der Waals surface area contributed by atoms with Crippen LogP contribution in [0.15, 0.2) is 48.8 Å². The highest BCUT2D eigenvalue weighted by Crippen LogP contribution is 2.35. The van der Waals surface area contributed by atoms with Gasteiger partial charge in [0.25, 0.3) is 0 Å². The Balaban J connectivity index is 1.39. The van der Waals surface area contributed by atoms with Crippen LogP contribution in [0.5, 0.6) is 0 Å². The Labute approximate surface area is 246 Å². The van der Waals surface area contributed by atoms with E-state index in [2.05, 4.69) is 31.1 Å². The van der Waals surface area contributed by atoms with Gasteiger partial charge in [0.1, 0.15) is 23.0 Å². The van der Waals surface area contributed by atoms with Gasteiger partial charge >= 0.3 is 5.97 Å². The molecule has 3 N–H and O–H groups in total.